The zero-order chi connectivity index (χ0) is 15.2. The van der Waals surface area contributed by atoms with Gasteiger partial charge in [-0.05, 0) is 24.1 Å². The molecule has 1 N–H and O–H groups in total. The number of carbonyl (C=O) groups excluding carboxylic acids is 1. The fourth-order valence-corrected chi connectivity index (χ4v) is 1.93. The second kappa shape index (κ2) is 7.27. The van der Waals surface area contributed by atoms with Crippen LogP contribution >= 0.6 is 0 Å². The van der Waals surface area contributed by atoms with Gasteiger partial charge in [-0.25, -0.2) is 9.18 Å². The van der Waals surface area contributed by atoms with Crippen LogP contribution in [0, 0.1) is 5.82 Å². The lowest BCUT2D eigenvalue weighted by atomic mass is 9.84. The number of amides is 2. The highest BCUT2D eigenvalue weighted by Crippen LogP contribution is 2.22. The van der Waals surface area contributed by atoms with Crippen LogP contribution in [-0.4, -0.2) is 31.1 Å². The molecule has 0 saturated heterocycles. The molecule has 1 aromatic carbocycles. The van der Waals surface area contributed by atoms with Crippen LogP contribution in [-0.2, 0) is 5.41 Å². The van der Waals surface area contributed by atoms with Gasteiger partial charge in [0.05, 0.1) is 0 Å². The molecule has 0 spiro atoms. The normalized spacial score (nSPS) is 11.2. The maximum atomic E-state index is 12.9. The number of nitrogens with zero attached hydrogens (tertiary/aromatic N) is 1. The molecule has 0 unspecified atom stereocenters. The molecule has 0 aliphatic rings. The van der Waals surface area contributed by atoms with E-state index in [-0.39, 0.29) is 17.3 Å². The van der Waals surface area contributed by atoms with Crippen LogP contribution < -0.4 is 5.32 Å². The van der Waals surface area contributed by atoms with Crippen LogP contribution in [0.1, 0.15) is 39.2 Å². The van der Waals surface area contributed by atoms with Gasteiger partial charge >= 0.3 is 6.03 Å². The summed E-state index contributed by atoms with van der Waals surface area (Å²) >= 11 is 0. The Morgan fingerprint density at radius 2 is 1.90 bits per heavy atom. The SMILES string of the molecule is CCCCN(C)C(=O)NCC(C)(C)c1ccc(F)cc1. The van der Waals surface area contributed by atoms with Crippen LogP contribution in [0.4, 0.5) is 9.18 Å². The topological polar surface area (TPSA) is 32.3 Å². The molecule has 4 heteroatoms. The standard InChI is InChI=1S/C16H25FN2O/c1-5-6-11-19(4)15(20)18-12-16(2,3)13-7-9-14(17)10-8-13/h7-10H,5-6,11-12H2,1-4H3,(H,18,20). The summed E-state index contributed by atoms with van der Waals surface area (Å²) in [7, 11) is 1.80. The Morgan fingerprint density at radius 3 is 2.45 bits per heavy atom. The highest BCUT2D eigenvalue weighted by Gasteiger charge is 2.22. The molecule has 0 fully saturated rings. The van der Waals surface area contributed by atoms with Crippen molar-refractivity contribution in [2.24, 2.45) is 0 Å². The predicted octanol–water partition coefficient (Wildman–Crippen LogP) is 3.54. The van der Waals surface area contributed by atoms with Crippen molar-refractivity contribution in [3.05, 3.63) is 35.6 Å². The molecular formula is C16H25FN2O. The summed E-state index contributed by atoms with van der Waals surface area (Å²) in [6.07, 6.45) is 2.07. The van der Waals surface area contributed by atoms with Gasteiger partial charge < -0.3 is 10.2 Å². The Bertz CT molecular complexity index is 429. The minimum Gasteiger partial charge on any atom is -0.337 e. The van der Waals surface area contributed by atoms with Crippen molar-refractivity contribution in [1.82, 2.24) is 10.2 Å². The fourth-order valence-electron chi connectivity index (χ4n) is 1.93. The van der Waals surface area contributed by atoms with Crippen LogP contribution in [0.2, 0.25) is 0 Å². The summed E-state index contributed by atoms with van der Waals surface area (Å²) in [4.78, 5) is 13.6. The first-order valence-corrected chi connectivity index (χ1v) is 7.12. The summed E-state index contributed by atoms with van der Waals surface area (Å²) in [5.74, 6) is -0.243. The van der Waals surface area contributed by atoms with Crippen molar-refractivity contribution in [3.8, 4) is 0 Å². The summed E-state index contributed by atoms with van der Waals surface area (Å²) in [6, 6.07) is 6.37. The molecule has 112 valence electrons. The lowest BCUT2D eigenvalue weighted by molar-refractivity contribution is 0.205. The van der Waals surface area contributed by atoms with E-state index in [1.165, 1.54) is 12.1 Å². The second-order valence-corrected chi connectivity index (χ2v) is 5.82. The zero-order valence-corrected chi connectivity index (χ0v) is 12.9. The molecule has 1 aromatic rings. The van der Waals surface area contributed by atoms with E-state index < -0.39 is 0 Å². The van der Waals surface area contributed by atoms with E-state index in [9.17, 15) is 9.18 Å². The van der Waals surface area contributed by atoms with Crippen molar-refractivity contribution in [3.63, 3.8) is 0 Å². The zero-order valence-electron chi connectivity index (χ0n) is 12.9. The number of hydrogen-bond acceptors (Lipinski definition) is 1. The molecular weight excluding hydrogens is 255 g/mol. The largest absolute Gasteiger partial charge is 0.337 e. The number of nitrogens with one attached hydrogen (secondary N) is 1. The van der Waals surface area contributed by atoms with Gasteiger partial charge in [-0.1, -0.05) is 39.3 Å². The first kappa shape index (κ1) is 16.5. The van der Waals surface area contributed by atoms with Gasteiger partial charge in [0.25, 0.3) is 0 Å². The number of rotatable bonds is 6. The van der Waals surface area contributed by atoms with E-state index in [4.69, 9.17) is 0 Å². The molecule has 0 bridgehead atoms. The lowest BCUT2D eigenvalue weighted by Crippen LogP contribution is -2.43. The number of benzene rings is 1. The van der Waals surface area contributed by atoms with E-state index in [1.807, 2.05) is 13.8 Å². The second-order valence-electron chi connectivity index (χ2n) is 5.82. The maximum absolute atomic E-state index is 12.9. The number of urea groups is 1. The monoisotopic (exact) mass is 280 g/mol. The first-order valence-electron chi connectivity index (χ1n) is 7.12. The fraction of sp³-hybridized carbons (Fsp3) is 0.562. The Morgan fingerprint density at radius 1 is 1.30 bits per heavy atom. The molecule has 20 heavy (non-hydrogen) atoms. The third-order valence-corrected chi connectivity index (χ3v) is 3.50. The van der Waals surface area contributed by atoms with Crippen molar-refractivity contribution < 1.29 is 9.18 Å². The molecule has 2 amide bonds. The van der Waals surface area contributed by atoms with E-state index in [2.05, 4.69) is 12.2 Å². The number of carbonyl (C=O) groups is 1. The van der Waals surface area contributed by atoms with Crippen LogP contribution in [0.15, 0.2) is 24.3 Å². The summed E-state index contributed by atoms with van der Waals surface area (Å²) in [5, 5.41) is 2.94. The number of hydrogen-bond donors (Lipinski definition) is 1. The average Bonchev–Trinajstić information content (AvgIpc) is 2.42. The van der Waals surface area contributed by atoms with Crippen molar-refractivity contribution >= 4 is 6.03 Å². The Hall–Kier alpha value is -1.58. The molecule has 0 saturated carbocycles. The summed E-state index contributed by atoms with van der Waals surface area (Å²) < 4.78 is 12.9. The minimum atomic E-state index is -0.243. The molecule has 0 aromatic heterocycles. The Kier molecular flexibility index (Phi) is 5.99. The molecule has 3 nitrogen and oxygen atoms in total. The maximum Gasteiger partial charge on any atom is 0.317 e. The summed E-state index contributed by atoms with van der Waals surface area (Å²) in [6.45, 7) is 7.45. The van der Waals surface area contributed by atoms with Gasteiger partial charge in [-0.3, -0.25) is 0 Å². The molecule has 1 rings (SSSR count). The number of halogens is 1. The lowest BCUT2D eigenvalue weighted by Gasteiger charge is -2.27. The third kappa shape index (κ3) is 4.83. The quantitative estimate of drug-likeness (QED) is 0.849. The van der Waals surface area contributed by atoms with Gasteiger partial charge in [0.1, 0.15) is 5.82 Å². The van der Waals surface area contributed by atoms with Gasteiger partial charge in [-0.2, -0.15) is 0 Å². The smallest absolute Gasteiger partial charge is 0.317 e. The van der Waals surface area contributed by atoms with Crippen molar-refractivity contribution in [1.29, 1.82) is 0 Å². The van der Waals surface area contributed by atoms with E-state index in [0.717, 1.165) is 24.9 Å². The van der Waals surface area contributed by atoms with Crippen LogP contribution in [0.3, 0.4) is 0 Å². The van der Waals surface area contributed by atoms with Crippen LogP contribution in [0.5, 0.6) is 0 Å². The number of unbranched alkanes of at least 4 members (excludes halogenated alkanes) is 1. The van der Waals surface area contributed by atoms with E-state index >= 15 is 0 Å². The highest BCUT2D eigenvalue weighted by atomic mass is 19.1. The predicted molar refractivity (Wildman–Crippen MR) is 80.4 cm³/mol. The average molecular weight is 280 g/mol. The summed E-state index contributed by atoms with van der Waals surface area (Å²) in [5.41, 5.74) is 0.782. The van der Waals surface area contributed by atoms with Gasteiger partial charge in [0.15, 0.2) is 0 Å². The van der Waals surface area contributed by atoms with Gasteiger partial charge in [0, 0.05) is 25.6 Å². The highest BCUT2D eigenvalue weighted by molar-refractivity contribution is 5.73. The molecule has 0 radical (unpaired) electrons. The van der Waals surface area contributed by atoms with E-state index in [0.29, 0.717) is 6.54 Å². The Balaban J connectivity index is 2.54. The molecule has 0 atom stereocenters. The van der Waals surface area contributed by atoms with Crippen molar-refractivity contribution in [2.75, 3.05) is 20.1 Å². The van der Waals surface area contributed by atoms with Gasteiger partial charge in [-0.15, -0.1) is 0 Å². The molecule has 0 heterocycles. The van der Waals surface area contributed by atoms with Crippen LogP contribution in [0.25, 0.3) is 0 Å². The van der Waals surface area contributed by atoms with Gasteiger partial charge in [0.2, 0.25) is 0 Å². The first-order chi connectivity index (χ1) is 9.36. The van der Waals surface area contributed by atoms with E-state index in [1.54, 1.807) is 24.1 Å². The molecule has 0 aliphatic heterocycles. The Labute approximate surface area is 121 Å². The van der Waals surface area contributed by atoms with Crippen molar-refractivity contribution in [2.45, 2.75) is 39.0 Å². The molecule has 0 aliphatic carbocycles. The third-order valence-electron chi connectivity index (χ3n) is 3.50. The minimum absolute atomic E-state index is 0.0614.